The first kappa shape index (κ1) is 15.7. The van der Waals surface area contributed by atoms with E-state index in [1.165, 1.54) is 23.5 Å². The number of amides is 2. The number of rotatable bonds is 3. The van der Waals surface area contributed by atoms with Crippen LogP contribution in [0.15, 0.2) is 41.8 Å². The molecule has 0 radical (unpaired) electrons. The van der Waals surface area contributed by atoms with Gasteiger partial charge >= 0.3 is 0 Å². The number of hydrogen-bond acceptors (Lipinski definition) is 3. The lowest BCUT2D eigenvalue weighted by molar-refractivity contribution is 0.0702. The van der Waals surface area contributed by atoms with Gasteiger partial charge in [-0.05, 0) is 36.4 Å². The van der Waals surface area contributed by atoms with Gasteiger partial charge in [0.05, 0.1) is 10.4 Å². The van der Waals surface area contributed by atoms with Crippen molar-refractivity contribution in [3.63, 3.8) is 0 Å². The second-order valence-electron chi connectivity index (χ2n) is 5.50. The highest BCUT2D eigenvalue weighted by molar-refractivity contribution is 7.12. The first-order chi connectivity index (χ1) is 11.1. The summed E-state index contributed by atoms with van der Waals surface area (Å²) < 4.78 is 13.6. The smallest absolute Gasteiger partial charge is 0.263 e. The molecule has 0 aliphatic carbocycles. The molecule has 1 fully saturated rings. The zero-order chi connectivity index (χ0) is 16.2. The van der Waals surface area contributed by atoms with Gasteiger partial charge in [-0.3, -0.25) is 9.59 Å². The minimum Gasteiger partial charge on any atom is -0.349 e. The van der Waals surface area contributed by atoms with Crippen LogP contribution < -0.4 is 5.32 Å². The van der Waals surface area contributed by atoms with Crippen molar-refractivity contribution in [2.45, 2.75) is 18.9 Å². The highest BCUT2D eigenvalue weighted by Crippen LogP contribution is 2.17. The van der Waals surface area contributed by atoms with E-state index in [0.29, 0.717) is 25.9 Å². The number of benzene rings is 1. The van der Waals surface area contributed by atoms with E-state index in [0.717, 1.165) is 4.88 Å². The van der Waals surface area contributed by atoms with Crippen molar-refractivity contribution in [1.29, 1.82) is 0 Å². The van der Waals surface area contributed by atoms with Gasteiger partial charge in [-0.1, -0.05) is 18.2 Å². The summed E-state index contributed by atoms with van der Waals surface area (Å²) in [5.41, 5.74) is 0.0598. The fourth-order valence-corrected chi connectivity index (χ4v) is 3.38. The van der Waals surface area contributed by atoms with Gasteiger partial charge in [-0.2, -0.15) is 0 Å². The number of likely N-dealkylation sites (tertiary alicyclic amines) is 1. The van der Waals surface area contributed by atoms with Crippen LogP contribution in [0.5, 0.6) is 0 Å². The molecule has 2 aromatic rings. The van der Waals surface area contributed by atoms with Gasteiger partial charge in [0.25, 0.3) is 11.8 Å². The SMILES string of the molecule is O=C(NC1CCN(C(=O)c2cccs2)CC1)c1ccccc1F. The van der Waals surface area contributed by atoms with Crippen molar-refractivity contribution in [2.24, 2.45) is 0 Å². The average Bonchev–Trinajstić information content (AvgIpc) is 3.09. The highest BCUT2D eigenvalue weighted by atomic mass is 32.1. The molecular formula is C17H17FN2O2S. The Morgan fingerprint density at radius 1 is 1.13 bits per heavy atom. The van der Waals surface area contributed by atoms with Gasteiger partial charge in [0.1, 0.15) is 5.82 Å². The van der Waals surface area contributed by atoms with Crippen LogP contribution in [0.25, 0.3) is 0 Å². The fraction of sp³-hybridized carbons (Fsp3) is 0.294. The Balaban J connectivity index is 1.54. The van der Waals surface area contributed by atoms with Crippen molar-refractivity contribution in [2.75, 3.05) is 13.1 Å². The van der Waals surface area contributed by atoms with Crippen molar-refractivity contribution in [3.8, 4) is 0 Å². The maximum absolute atomic E-state index is 13.6. The Kier molecular flexibility index (Phi) is 4.71. The Hall–Kier alpha value is -2.21. The van der Waals surface area contributed by atoms with Crippen molar-refractivity contribution in [3.05, 3.63) is 58.0 Å². The van der Waals surface area contributed by atoms with Gasteiger partial charge in [-0.25, -0.2) is 4.39 Å². The minimum atomic E-state index is -0.518. The number of carbonyl (C=O) groups excluding carboxylic acids is 2. The third-order valence-corrected chi connectivity index (χ3v) is 4.83. The minimum absolute atomic E-state index is 0.0329. The van der Waals surface area contributed by atoms with Gasteiger partial charge in [0.2, 0.25) is 0 Å². The second-order valence-corrected chi connectivity index (χ2v) is 6.44. The predicted octanol–water partition coefficient (Wildman–Crippen LogP) is 2.92. The molecule has 0 bridgehead atoms. The molecule has 1 N–H and O–H groups in total. The molecule has 1 aliphatic heterocycles. The fourth-order valence-electron chi connectivity index (χ4n) is 2.69. The number of nitrogens with one attached hydrogen (secondary N) is 1. The van der Waals surface area contributed by atoms with Crippen molar-refractivity contribution < 1.29 is 14.0 Å². The molecular weight excluding hydrogens is 315 g/mol. The number of piperidine rings is 1. The van der Waals surface area contributed by atoms with Gasteiger partial charge in [-0.15, -0.1) is 11.3 Å². The molecule has 2 heterocycles. The first-order valence-corrected chi connectivity index (χ1v) is 8.41. The molecule has 0 unspecified atom stereocenters. The van der Waals surface area contributed by atoms with Gasteiger partial charge < -0.3 is 10.2 Å². The summed E-state index contributed by atoms with van der Waals surface area (Å²) in [6, 6.07) is 9.59. The first-order valence-electron chi connectivity index (χ1n) is 7.53. The molecule has 120 valence electrons. The second kappa shape index (κ2) is 6.91. The number of thiophene rings is 1. The number of nitrogens with zero attached hydrogens (tertiary/aromatic N) is 1. The van der Waals surface area contributed by atoms with E-state index in [1.54, 1.807) is 17.0 Å². The van der Waals surface area contributed by atoms with E-state index >= 15 is 0 Å². The molecule has 6 heteroatoms. The summed E-state index contributed by atoms with van der Waals surface area (Å²) in [6.45, 7) is 1.19. The normalized spacial score (nSPS) is 15.4. The molecule has 0 saturated carbocycles. The number of hydrogen-bond donors (Lipinski definition) is 1. The lowest BCUT2D eigenvalue weighted by atomic mass is 10.0. The monoisotopic (exact) mass is 332 g/mol. The van der Waals surface area contributed by atoms with E-state index in [9.17, 15) is 14.0 Å². The van der Waals surface area contributed by atoms with Gasteiger partial charge in [0.15, 0.2) is 0 Å². The molecule has 1 aromatic heterocycles. The Labute approximate surface area is 137 Å². The highest BCUT2D eigenvalue weighted by Gasteiger charge is 2.25. The van der Waals surface area contributed by atoms with Crippen molar-refractivity contribution in [1.82, 2.24) is 10.2 Å². The molecule has 3 rings (SSSR count). The third-order valence-electron chi connectivity index (χ3n) is 3.97. The van der Waals surface area contributed by atoms with E-state index in [1.807, 2.05) is 17.5 Å². The zero-order valence-corrected chi connectivity index (χ0v) is 13.3. The number of carbonyl (C=O) groups is 2. The molecule has 1 aromatic carbocycles. The van der Waals surface area contributed by atoms with Crippen LogP contribution in [-0.2, 0) is 0 Å². The largest absolute Gasteiger partial charge is 0.349 e. The molecule has 2 amide bonds. The van der Waals surface area contributed by atoms with Crippen LogP contribution in [0, 0.1) is 5.82 Å². The molecule has 0 spiro atoms. The van der Waals surface area contributed by atoms with Gasteiger partial charge in [0, 0.05) is 19.1 Å². The predicted molar refractivity (Wildman–Crippen MR) is 87.1 cm³/mol. The lowest BCUT2D eigenvalue weighted by Gasteiger charge is -2.32. The summed E-state index contributed by atoms with van der Waals surface area (Å²) >= 11 is 1.43. The van der Waals surface area contributed by atoms with Crippen LogP contribution in [0.1, 0.15) is 32.9 Å². The van der Waals surface area contributed by atoms with Crippen LogP contribution in [-0.4, -0.2) is 35.8 Å². The maximum atomic E-state index is 13.6. The van der Waals surface area contributed by atoms with E-state index < -0.39 is 11.7 Å². The van der Waals surface area contributed by atoms with Crippen LogP contribution in [0.4, 0.5) is 4.39 Å². The molecule has 4 nitrogen and oxygen atoms in total. The van der Waals surface area contributed by atoms with E-state index in [4.69, 9.17) is 0 Å². The van der Waals surface area contributed by atoms with Crippen LogP contribution >= 0.6 is 11.3 Å². The zero-order valence-electron chi connectivity index (χ0n) is 12.5. The Morgan fingerprint density at radius 3 is 2.52 bits per heavy atom. The summed E-state index contributed by atoms with van der Waals surface area (Å²) in [5, 5.41) is 4.74. The molecule has 23 heavy (non-hydrogen) atoms. The summed E-state index contributed by atoms with van der Waals surface area (Å²) in [7, 11) is 0. The topological polar surface area (TPSA) is 49.4 Å². The average molecular weight is 332 g/mol. The summed E-state index contributed by atoms with van der Waals surface area (Å²) in [5.74, 6) is -0.875. The quantitative estimate of drug-likeness (QED) is 0.939. The van der Waals surface area contributed by atoms with E-state index in [-0.39, 0.29) is 17.5 Å². The van der Waals surface area contributed by atoms with Crippen LogP contribution in [0.3, 0.4) is 0 Å². The lowest BCUT2D eigenvalue weighted by Crippen LogP contribution is -2.46. The van der Waals surface area contributed by atoms with Crippen LogP contribution in [0.2, 0.25) is 0 Å². The third kappa shape index (κ3) is 3.59. The Bertz CT molecular complexity index is 694. The Morgan fingerprint density at radius 2 is 1.87 bits per heavy atom. The summed E-state index contributed by atoms with van der Waals surface area (Å²) in [4.78, 5) is 26.9. The molecule has 0 atom stereocenters. The van der Waals surface area contributed by atoms with Crippen molar-refractivity contribution >= 4 is 23.2 Å². The summed E-state index contributed by atoms with van der Waals surface area (Å²) in [6.07, 6.45) is 1.36. The standard InChI is InChI=1S/C17H17FN2O2S/c18-14-5-2-1-4-13(14)16(21)19-12-7-9-20(10-8-12)17(22)15-6-3-11-23-15/h1-6,11-12H,7-10H2,(H,19,21). The molecule has 1 saturated heterocycles. The number of halogens is 1. The molecule has 1 aliphatic rings. The van der Waals surface area contributed by atoms with E-state index in [2.05, 4.69) is 5.32 Å². The maximum Gasteiger partial charge on any atom is 0.263 e.